The molecule has 0 spiro atoms. The third-order valence-electron chi connectivity index (χ3n) is 11.9. The molecular weight excluding hydrogens is 741 g/mol. The van der Waals surface area contributed by atoms with Crippen LogP contribution in [0, 0.1) is 5.92 Å². The number of likely N-dealkylation sites (tertiary alicyclic amines) is 1. The maximum atomic E-state index is 15.1. The van der Waals surface area contributed by atoms with Gasteiger partial charge in [-0.15, -0.1) is 0 Å². The number of hydrogen-bond donors (Lipinski definition) is 0. The lowest BCUT2D eigenvalue weighted by atomic mass is 9.75. The van der Waals surface area contributed by atoms with E-state index in [1.165, 1.54) is 0 Å². The van der Waals surface area contributed by atoms with Crippen LogP contribution in [0.1, 0.15) is 86.5 Å². The highest BCUT2D eigenvalue weighted by Crippen LogP contribution is 2.45. The topological polar surface area (TPSA) is 114 Å². The number of morpholine rings is 1. The molecule has 3 fully saturated rings. The highest BCUT2D eigenvalue weighted by Gasteiger charge is 2.41. The van der Waals surface area contributed by atoms with Crippen molar-refractivity contribution in [2.75, 3.05) is 81.5 Å². The zero-order chi connectivity index (χ0) is 40.9. The fourth-order valence-electron chi connectivity index (χ4n) is 8.75. The number of carbonyl (C=O) groups excluding carboxylic acids is 2. The molecule has 2 saturated heterocycles. The Balaban J connectivity index is 1.26. The van der Waals surface area contributed by atoms with E-state index in [2.05, 4.69) is 4.90 Å². The Kier molecular flexibility index (Phi) is 15.8. The number of benzene rings is 3. The molecule has 316 valence electrons. The predicted molar refractivity (Wildman–Crippen MR) is 221 cm³/mol. The zero-order valence-corrected chi connectivity index (χ0v) is 35.0. The number of amides is 1. The van der Waals surface area contributed by atoms with Crippen LogP contribution < -0.4 is 28.4 Å². The van der Waals surface area contributed by atoms with Crippen molar-refractivity contribution < 1.29 is 47.5 Å². The molecule has 1 unspecified atom stereocenters. The molecule has 0 N–H and O–H groups in total. The third kappa shape index (κ3) is 10.7. The second kappa shape index (κ2) is 21.4. The second-order valence-corrected chi connectivity index (χ2v) is 15.4. The lowest BCUT2D eigenvalue weighted by Crippen LogP contribution is -2.51. The van der Waals surface area contributed by atoms with Crippen LogP contribution in [0.5, 0.6) is 34.5 Å². The Morgan fingerprint density at radius 2 is 1.43 bits per heavy atom. The molecule has 0 radical (unpaired) electrons. The minimum atomic E-state index is -0.717. The molecule has 1 aliphatic carbocycles. The first-order valence-electron chi connectivity index (χ1n) is 20.9. The lowest BCUT2D eigenvalue weighted by molar-refractivity contribution is -0.163. The van der Waals surface area contributed by atoms with Crippen molar-refractivity contribution in [3.8, 4) is 34.5 Å². The Labute approximate surface area is 343 Å². The van der Waals surface area contributed by atoms with E-state index in [0.717, 1.165) is 94.5 Å². The van der Waals surface area contributed by atoms with E-state index in [9.17, 15) is 4.79 Å². The number of piperidine rings is 1. The van der Waals surface area contributed by atoms with Gasteiger partial charge in [-0.2, -0.15) is 0 Å². The molecule has 12 heteroatoms. The Bertz CT molecular complexity index is 1760. The van der Waals surface area contributed by atoms with Gasteiger partial charge in [0, 0.05) is 26.2 Å². The molecule has 2 heterocycles. The van der Waals surface area contributed by atoms with E-state index in [1.54, 1.807) is 40.4 Å². The molecule has 2 aliphatic heterocycles. The summed E-state index contributed by atoms with van der Waals surface area (Å²) in [6, 6.07) is 16.8. The SMILES string of the molecule is COc1ccc(CCC(OC(=O)[C@@H]2CCCCN2C(=O)[C@H](c2cc(OC)c(OC)c(OC)c2)C2CCCCC2)c2cccc(OCCN3CCOCC3)c2)cc1OC. The third-order valence-corrected chi connectivity index (χ3v) is 11.9. The van der Waals surface area contributed by atoms with E-state index < -0.39 is 24.0 Å². The Morgan fingerprint density at radius 3 is 2.12 bits per heavy atom. The number of aryl methyl sites for hydroxylation is 1. The van der Waals surface area contributed by atoms with Gasteiger partial charge in [-0.1, -0.05) is 37.5 Å². The average Bonchev–Trinajstić information content (AvgIpc) is 3.28. The highest BCUT2D eigenvalue weighted by atomic mass is 16.5. The molecule has 12 nitrogen and oxygen atoms in total. The summed E-state index contributed by atoms with van der Waals surface area (Å²) >= 11 is 0. The van der Waals surface area contributed by atoms with E-state index in [1.807, 2.05) is 54.6 Å². The van der Waals surface area contributed by atoms with Crippen LogP contribution in [-0.4, -0.2) is 109 Å². The predicted octanol–water partition coefficient (Wildman–Crippen LogP) is 7.40. The fourth-order valence-corrected chi connectivity index (χ4v) is 8.75. The summed E-state index contributed by atoms with van der Waals surface area (Å²) in [5, 5.41) is 0. The van der Waals surface area contributed by atoms with Gasteiger partial charge in [0.1, 0.15) is 24.5 Å². The van der Waals surface area contributed by atoms with Gasteiger partial charge in [0.25, 0.3) is 0 Å². The van der Waals surface area contributed by atoms with Gasteiger partial charge >= 0.3 is 5.97 Å². The molecule has 0 bridgehead atoms. The Morgan fingerprint density at radius 1 is 0.724 bits per heavy atom. The van der Waals surface area contributed by atoms with Crippen LogP contribution in [0.15, 0.2) is 54.6 Å². The van der Waals surface area contributed by atoms with Crippen LogP contribution >= 0.6 is 0 Å². The van der Waals surface area contributed by atoms with E-state index >= 15 is 4.79 Å². The largest absolute Gasteiger partial charge is 0.493 e. The minimum Gasteiger partial charge on any atom is -0.493 e. The number of nitrogens with zero attached hydrogens (tertiary/aromatic N) is 2. The Hall–Kier alpha value is -4.68. The monoisotopic (exact) mass is 802 g/mol. The van der Waals surface area contributed by atoms with E-state index in [0.29, 0.717) is 66.9 Å². The van der Waals surface area contributed by atoms with Gasteiger partial charge in [0.2, 0.25) is 11.7 Å². The molecule has 58 heavy (non-hydrogen) atoms. The molecule has 1 saturated carbocycles. The summed E-state index contributed by atoms with van der Waals surface area (Å²) in [4.78, 5) is 33.8. The van der Waals surface area contributed by atoms with Crippen molar-refractivity contribution in [2.24, 2.45) is 5.92 Å². The summed E-state index contributed by atoms with van der Waals surface area (Å²) < 4.78 is 46.4. The van der Waals surface area contributed by atoms with Crippen molar-refractivity contribution in [1.82, 2.24) is 9.80 Å². The number of rotatable bonds is 18. The minimum absolute atomic E-state index is 0.0552. The number of esters is 1. The molecule has 1 amide bonds. The van der Waals surface area contributed by atoms with Crippen LogP contribution in [0.2, 0.25) is 0 Å². The molecule has 6 rings (SSSR count). The normalized spacial score (nSPS) is 18.8. The number of methoxy groups -OCH3 is 5. The summed E-state index contributed by atoms with van der Waals surface area (Å²) in [7, 11) is 7.98. The van der Waals surface area contributed by atoms with Crippen LogP contribution in [-0.2, 0) is 25.5 Å². The summed E-state index contributed by atoms with van der Waals surface area (Å²) in [6.45, 7) is 5.07. The average molecular weight is 803 g/mol. The molecule has 3 aromatic rings. The van der Waals surface area contributed by atoms with Crippen molar-refractivity contribution in [1.29, 1.82) is 0 Å². The first-order chi connectivity index (χ1) is 28.4. The standard InChI is InChI=1S/C46H62N2O10/c1-51-39-20-18-32(28-40(39)52-2)17-19-38(34-14-11-15-36(29-34)57-27-24-47-22-25-56-26-23-47)58-46(50)37-16-9-10-21-48(37)45(49)43(33-12-7-6-8-13-33)35-30-41(53-3)44(55-5)42(31-35)54-4/h11,14-15,18,20,28-31,33,37-38,43H,6-10,12-13,16-17,19,21-27H2,1-5H3/t37-,38?,43-/m0/s1. The second-order valence-electron chi connectivity index (χ2n) is 15.4. The summed E-state index contributed by atoms with van der Waals surface area (Å²) in [5.41, 5.74) is 2.66. The fraction of sp³-hybridized carbons (Fsp3) is 0.565. The van der Waals surface area contributed by atoms with Crippen LogP contribution in [0.4, 0.5) is 0 Å². The molecule has 0 aromatic heterocycles. The highest BCUT2D eigenvalue weighted by molar-refractivity contribution is 5.89. The van der Waals surface area contributed by atoms with Gasteiger partial charge in [-0.25, -0.2) is 4.79 Å². The number of hydrogen-bond acceptors (Lipinski definition) is 11. The van der Waals surface area contributed by atoms with Gasteiger partial charge in [0.05, 0.1) is 54.7 Å². The lowest BCUT2D eigenvalue weighted by Gasteiger charge is -2.40. The van der Waals surface area contributed by atoms with Gasteiger partial charge in [-0.05, 0) is 104 Å². The molecule has 3 aliphatic rings. The van der Waals surface area contributed by atoms with E-state index in [-0.39, 0.29) is 11.8 Å². The van der Waals surface area contributed by atoms with Crippen LogP contribution in [0.3, 0.4) is 0 Å². The maximum absolute atomic E-state index is 15.1. The summed E-state index contributed by atoms with van der Waals surface area (Å²) in [6.07, 6.45) is 7.82. The molecular formula is C46H62N2O10. The quantitative estimate of drug-likeness (QED) is 0.120. The van der Waals surface area contributed by atoms with Crippen molar-refractivity contribution in [3.63, 3.8) is 0 Å². The zero-order valence-electron chi connectivity index (χ0n) is 35.0. The smallest absolute Gasteiger partial charge is 0.329 e. The summed E-state index contributed by atoms with van der Waals surface area (Å²) in [5.74, 6) is 2.68. The molecule has 3 aromatic carbocycles. The number of carbonyl (C=O) groups is 2. The van der Waals surface area contributed by atoms with Crippen LogP contribution in [0.25, 0.3) is 0 Å². The first-order valence-corrected chi connectivity index (χ1v) is 20.9. The number of ether oxygens (including phenoxy) is 8. The van der Waals surface area contributed by atoms with Gasteiger partial charge < -0.3 is 42.8 Å². The first kappa shape index (κ1) is 42.9. The van der Waals surface area contributed by atoms with E-state index in [4.69, 9.17) is 37.9 Å². The molecule has 3 atom stereocenters. The van der Waals surface area contributed by atoms with Crippen molar-refractivity contribution >= 4 is 11.9 Å². The van der Waals surface area contributed by atoms with Crippen molar-refractivity contribution in [3.05, 3.63) is 71.3 Å². The maximum Gasteiger partial charge on any atom is 0.329 e. The van der Waals surface area contributed by atoms with Crippen molar-refractivity contribution in [2.45, 2.75) is 82.3 Å². The van der Waals surface area contributed by atoms with Gasteiger partial charge in [-0.3, -0.25) is 9.69 Å². The van der Waals surface area contributed by atoms with Gasteiger partial charge in [0.15, 0.2) is 23.0 Å².